The fourth-order valence-corrected chi connectivity index (χ4v) is 2.02. The van der Waals surface area contributed by atoms with Crippen LogP contribution in [0.2, 0.25) is 0 Å². The lowest BCUT2D eigenvalue weighted by atomic mass is 9.85. The van der Waals surface area contributed by atoms with Gasteiger partial charge in [0.15, 0.2) is 4.77 Å². The smallest absolute Gasteiger partial charge is 0.174 e. The van der Waals surface area contributed by atoms with Crippen molar-refractivity contribution in [2.45, 2.75) is 33.1 Å². The number of H-pyrrole nitrogens is 2. The van der Waals surface area contributed by atoms with E-state index in [4.69, 9.17) is 12.2 Å². The fourth-order valence-electron chi connectivity index (χ4n) is 1.86. The molecule has 90 valence electrons. The number of benzene rings is 1. The van der Waals surface area contributed by atoms with Gasteiger partial charge in [0.2, 0.25) is 0 Å². The number of rotatable bonds is 1. The monoisotopic (exact) mass is 246 g/mol. The molecule has 0 fully saturated rings. The Labute approximate surface area is 107 Å². The first-order valence-electron chi connectivity index (χ1n) is 5.77. The third-order valence-electron chi connectivity index (χ3n) is 2.99. The lowest BCUT2D eigenvalue weighted by Gasteiger charge is -2.20. The normalized spacial score (nSPS) is 11.8. The average molecular weight is 246 g/mol. The van der Waals surface area contributed by atoms with E-state index in [1.165, 1.54) is 16.7 Å². The molecule has 0 spiro atoms. The molecule has 2 nitrogen and oxygen atoms in total. The first-order chi connectivity index (χ1) is 7.88. The van der Waals surface area contributed by atoms with Gasteiger partial charge >= 0.3 is 0 Å². The van der Waals surface area contributed by atoms with Crippen molar-refractivity contribution in [1.82, 2.24) is 9.97 Å². The Kier molecular flexibility index (Phi) is 2.96. The average Bonchev–Trinajstić information content (AvgIpc) is 2.63. The van der Waals surface area contributed by atoms with Gasteiger partial charge in [-0.2, -0.15) is 0 Å². The van der Waals surface area contributed by atoms with Gasteiger partial charge in [0.05, 0.1) is 5.69 Å². The molecule has 3 heteroatoms. The summed E-state index contributed by atoms with van der Waals surface area (Å²) in [6, 6.07) is 6.60. The molecule has 0 radical (unpaired) electrons. The van der Waals surface area contributed by atoms with Crippen molar-refractivity contribution in [1.29, 1.82) is 0 Å². The van der Waals surface area contributed by atoms with Gasteiger partial charge in [0.1, 0.15) is 0 Å². The third-order valence-corrected chi connectivity index (χ3v) is 3.21. The van der Waals surface area contributed by atoms with Gasteiger partial charge in [-0.05, 0) is 41.7 Å². The molecular formula is C14H18N2S. The molecule has 2 N–H and O–H groups in total. The molecule has 0 saturated heterocycles. The second kappa shape index (κ2) is 4.15. The van der Waals surface area contributed by atoms with E-state index in [2.05, 4.69) is 55.9 Å². The van der Waals surface area contributed by atoms with E-state index in [9.17, 15) is 0 Å². The Bertz CT molecular complexity index is 585. The fraction of sp³-hybridized carbons (Fsp3) is 0.357. The zero-order chi connectivity index (χ0) is 12.6. The zero-order valence-electron chi connectivity index (χ0n) is 10.7. The minimum Gasteiger partial charge on any atom is -0.337 e. The van der Waals surface area contributed by atoms with E-state index in [0.717, 1.165) is 5.69 Å². The van der Waals surface area contributed by atoms with Crippen molar-refractivity contribution in [3.05, 3.63) is 40.3 Å². The Hall–Kier alpha value is -1.35. The molecule has 0 aliphatic heterocycles. The molecule has 1 aromatic carbocycles. The molecule has 17 heavy (non-hydrogen) atoms. The van der Waals surface area contributed by atoms with Crippen LogP contribution in [0.5, 0.6) is 0 Å². The van der Waals surface area contributed by atoms with E-state index in [1.807, 2.05) is 6.20 Å². The maximum atomic E-state index is 5.07. The summed E-state index contributed by atoms with van der Waals surface area (Å²) >= 11 is 5.07. The molecule has 0 aliphatic carbocycles. The highest BCUT2D eigenvalue weighted by Gasteiger charge is 2.15. The van der Waals surface area contributed by atoms with Crippen LogP contribution in [0.1, 0.15) is 31.9 Å². The number of aromatic amines is 2. The van der Waals surface area contributed by atoms with E-state index < -0.39 is 0 Å². The summed E-state index contributed by atoms with van der Waals surface area (Å²) in [5, 5.41) is 0. The topological polar surface area (TPSA) is 31.6 Å². The first kappa shape index (κ1) is 12.1. The highest BCUT2D eigenvalue weighted by molar-refractivity contribution is 7.71. The molecule has 0 bridgehead atoms. The van der Waals surface area contributed by atoms with Gasteiger partial charge in [0, 0.05) is 11.8 Å². The van der Waals surface area contributed by atoms with Crippen LogP contribution in [0.4, 0.5) is 0 Å². The van der Waals surface area contributed by atoms with Crippen LogP contribution in [0, 0.1) is 11.7 Å². The molecule has 0 aliphatic rings. The second-order valence-electron chi connectivity index (χ2n) is 5.44. The van der Waals surface area contributed by atoms with Crippen LogP contribution < -0.4 is 0 Å². The molecule has 2 rings (SSSR count). The number of aromatic nitrogens is 2. The molecule has 0 unspecified atom stereocenters. The Morgan fingerprint density at radius 3 is 2.41 bits per heavy atom. The van der Waals surface area contributed by atoms with Crippen LogP contribution in [0.15, 0.2) is 24.4 Å². The van der Waals surface area contributed by atoms with Crippen LogP contribution >= 0.6 is 12.2 Å². The highest BCUT2D eigenvalue weighted by Crippen LogP contribution is 2.29. The molecule has 0 amide bonds. The zero-order valence-corrected chi connectivity index (χ0v) is 11.5. The van der Waals surface area contributed by atoms with Gasteiger partial charge < -0.3 is 9.97 Å². The third kappa shape index (κ3) is 2.50. The molecule has 0 saturated carbocycles. The molecule has 1 heterocycles. The van der Waals surface area contributed by atoms with Crippen LogP contribution in [-0.2, 0) is 5.41 Å². The summed E-state index contributed by atoms with van der Waals surface area (Å²) in [6.45, 7) is 8.79. The summed E-state index contributed by atoms with van der Waals surface area (Å²) in [6.07, 6.45) is 1.93. The Morgan fingerprint density at radius 1 is 1.18 bits per heavy atom. The predicted octanol–water partition coefficient (Wildman–Crippen LogP) is 4.35. The van der Waals surface area contributed by atoms with Crippen molar-refractivity contribution in [3.63, 3.8) is 0 Å². The Morgan fingerprint density at radius 2 is 1.88 bits per heavy atom. The predicted molar refractivity (Wildman–Crippen MR) is 74.9 cm³/mol. The molecule has 0 atom stereocenters. The van der Waals surface area contributed by atoms with Gasteiger partial charge in [0.25, 0.3) is 0 Å². The lowest BCUT2D eigenvalue weighted by molar-refractivity contribution is 0.590. The number of imidazole rings is 1. The quantitative estimate of drug-likeness (QED) is 0.720. The summed E-state index contributed by atoms with van der Waals surface area (Å²) in [5.74, 6) is 0. The van der Waals surface area contributed by atoms with E-state index in [-0.39, 0.29) is 5.41 Å². The largest absolute Gasteiger partial charge is 0.337 e. The lowest BCUT2D eigenvalue weighted by Crippen LogP contribution is -2.11. The van der Waals surface area contributed by atoms with E-state index >= 15 is 0 Å². The van der Waals surface area contributed by atoms with Crippen LogP contribution in [0.25, 0.3) is 11.3 Å². The number of hydrogen-bond acceptors (Lipinski definition) is 1. The van der Waals surface area contributed by atoms with Crippen molar-refractivity contribution in [2.75, 3.05) is 0 Å². The number of hydrogen-bond donors (Lipinski definition) is 2. The van der Waals surface area contributed by atoms with Gasteiger partial charge in [-0.1, -0.05) is 32.9 Å². The second-order valence-corrected chi connectivity index (χ2v) is 5.84. The van der Waals surface area contributed by atoms with Gasteiger partial charge in [-0.15, -0.1) is 0 Å². The van der Waals surface area contributed by atoms with Crippen molar-refractivity contribution < 1.29 is 0 Å². The molecule has 1 aromatic heterocycles. The Balaban J connectivity index is 2.58. The van der Waals surface area contributed by atoms with Crippen LogP contribution in [0.3, 0.4) is 0 Å². The van der Waals surface area contributed by atoms with Crippen molar-refractivity contribution >= 4 is 12.2 Å². The van der Waals surface area contributed by atoms with Crippen LogP contribution in [-0.4, -0.2) is 9.97 Å². The van der Waals surface area contributed by atoms with Gasteiger partial charge in [-0.25, -0.2) is 0 Å². The standard InChI is InChI=1S/C14H18N2S/c1-9-5-6-10(14(2,3)4)7-11(9)12-8-15-13(17)16-12/h5-8H,1-4H3,(H2,15,16,17). The first-order valence-corrected chi connectivity index (χ1v) is 6.18. The number of aryl methyl sites for hydroxylation is 1. The summed E-state index contributed by atoms with van der Waals surface area (Å²) < 4.78 is 0.667. The summed E-state index contributed by atoms with van der Waals surface area (Å²) in [5.41, 5.74) is 5.01. The van der Waals surface area contributed by atoms with Gasteiger partial charge in [-0.3, -0.25) is 0 Å². The van der Waals surface area contributed by atoms with E-state index in [1.54, 1.807) is 0 Å². The maximum absolute atomic E-state index is 5.07. The minimum atomic E-state index is 0.162. The highest BCUT2D eigenvalue weighted by atomic mass is 32.1. The minimum absolute atomic E-state index is 0.162. The van der Waals surface area contributed by atoms with Crippen molar-refractivity contribution in [2.24, 2.45) is 0 Å². The van der Waals surface area contributed by atoms with Crippen molar-refractivity contribution in [3.8, 4) is 11.3 Å². The molecule has 2 aromatic rings. The summed E-state index contributed by atoms with van der Waals surface area (Å²) in [7, 11) is 0. The SMILES string of the molecule is Cc1ccc(C(C)(C)C)cc1-c1c[nH]c(=S)[nH]1. The molecular weight excluding hydrogens is 228 g/mol. The van der Waals surface area contributed by atoms with E-state index in [0.29, 0.717) is 4.77 Å². The number of nitrogens with one attached hydrogen (secondary N) is 2. The maximum Gasteiger partial charge on any atom is 0.174 e. The summed E-state index contributed by atoms with van der Waals surface area (Å²) in [4.78, 5) is 6.18.